The molecular formula is C16H18N2O3. The van der Waals surface area contributed by atoms with Crippen molar-refractivity contribution in [2.24, 2.45) is 0 Å². The van der Waals surface area contributed by atoms with Crippen LogP contribution < -0.4 is 15.1 Å². The first-order valence-corrected chi connectivity index (χ1v) is 6.47. The van der Waals surface area contributed by atoms with Gasteiger partial charge in [0.15, 0.2) is 0 Å². The van der Waals surface area contributed by atoms with Gasteiger partial charge in [-0.1, -0.05) is 12.1 Å². The van der Waals surface area contributed by atoms with Gasteiger partial charge >= 0.3 is 0 Å². The lowest BCUT2D eigenvalue weighted by atomic mass is 10.1. The minimum Gasteiger partial charge on any atom is -0.497 e. The minimum absolute atomic E-state index is 0.284. The van der Waals surface area contributed by atoms with Crippen LogP contribution in [0.4, 0.5) is 11.4 Å². The number of carbonyl (C=O) groups excluding carboxylic acids is 1. The Morgan fingerprint density at radius 2 is 1.71 bits per heavy atom. The fraction of sp³-hybridized carbons (Fsp3) is 0.188. The van der Waals surface area contributed by atoms with E-state index in [-0.39, 0.29) is 5.91 Å². The molecule has 1 amide bonds. The zero-order valence-electron chi connectivity index (χ0n) is 12.3. The average molecular weight is 286 g/mol. The topological polar surface area (TPSA) is 50.8 Å². The quantitative estimate of drug-likeness (QED) is 0.859. The number of anilines is 2. The molecule has 0 aliphatic carbocycles. The molecule has 21 heavy (non-hydrogen) atoms. The molecule has 0 saturated carbocycles. The van der Waals surface area contributed by atoms with Crippen molar-refractivity contribution in [3.05, 3.63) is 54.1 Å². The van der Waals surface area contributed by atoms with E-state index in [0.717, 1.165) is 17.1 Å². The lowest BCUT2D eigenvalue weighted by Gasteiger charge is -2.22. The van der Waals surface area contributed by atoms with E-state index in [1.165, 1.54) is 7.11 Å². The second-order valence-electron chi connectivity index (χ2n) is 4.41. The third-order valence-electron chi connectivity index (χ3n) is 3.16. The molecule has 5 nitrogen and oxygen atoms in total. The van der Waals surface area contributed by atoms with Crippen LogP contribution in [0, 0.1) is 0 Å². The maximum atomic E-state index is 12.0. The van der Waals surface area contributed by atoms with Gasteiger partial charge in [-0.05, 0) is 36.4 Å². The number of para-hydroxylation sites is 1. The van der Waals surface area contributed by atoms with Gasteiger partial charge < -0.3 is 9.64 Å². The van der Waals surface area contributed by atoms with Crippen molar-refractivity contribution in [3.8, 4) is 5.75 Å². The highest BCUT2D eigenvalue weighted by atomic mass is 16.6. The Bertz CT molecular complexity index is 611. The summed E-state index contributed by atoms with van der Waals surface area (Å²) < 4.78 is 5.15. The number of carbonyl (C=O) groups is 1. The van der Waals surface area contributed by atoms with E-state index in [1.807, 2.05) is 54.4 Å². The maximum Gasteiger partial charge on any atom is 0.276 e. The number of ether oxygens (including phenoxy) is 1. The van der Waals surface area contributed by atoms with Crippen LogP contribution in [0.3, 0.4) is 0 Å². The van der Waals surface area contributed by atoms with E-state index >= 15 is 0 Å². The van der Waals surface area contributed by atoms with Crippen LogP contribution >= 0.6 is 0 Å². The van der Waals surface area contributed by atoms with Crippen molar-refractivity contribution in [1.29, 1.82) is 0 Å². The maximum absolute atomic E-state index is 12.0. The second kappa shape index (κ2) is 6.76. The Kier molecular flexibility index (Phi) is 4.79. The summed E-state index contributed by atoms with van der Waals surface area (Å²) in [7, 11) is 4.94. The third-order valence-corrected chi connectivity index (χ3v) is 3.16. The highest BCUT2D eigenvalue weighted by Gasteiger charge is 2.14. The summed E-state index contributed by atoms with van der Waals surface area (Å²) >= 11 is 0. The molecule has 0 unspecified atom stereocenters. The molecule has 0 aliphatic rings. The Morgan fingerprint density at radius 1 is 1.05 bits per heavy atom. The summed E-state index contributed by atoms with van der Waals surface area (Å²) in [6, 6.07) is 15.0. The summed E-state index contributed by atoms with van der Waals surface area (Å²) in [5.41, 5.74) is 4.62. The normalized spacial score (nSPS) is 10.0. The first kappa shape index (κ1) is 14.9. The second-order valence-corrected chi connectivity index (χ2v) is 4.41. The standard InChI is InChI=1S/C16H18N2O3/c1-18(12-8-10-13(20-2)11-9-12)15-7-5-4-6-14(15)16(19)17-21-3/h4-11H,1-3H3,(H,17,19). The number of hydrogen-bond donors (Lipinski definition) is 1. The number of nitrogens with one attached hydrogen (secondary N) is 1. The summed E-state index contributed by atoms with van der Waals surface area (Å²) in [5, 5.41) is 0. The highest BCUT2D eigenvalue weighted by molar-refractivity contribution is 6.00. The van der Waals surface area contributed by atoms with E-state index in [0.29, 0.717) is 5.56 Å². The van der Waals surface area contributed by atoms with Gasteiger partial charge in [0, 0.05) is 12.7 Å². The van der Waals surface area contributed by atoms with Crippen LogP contribution in [-0.2, 0) is 4.84 Å². The smallest absolute Gasteiger partial charge is 0.276 e. The molecule has 0 saturated heterocycles. The third kappa shape index (κ3) is 3.32. The Labute approximate surface area is 124 Å². The zero-order valence-corrected chi connectivity index (χ0v) is 12.3. The van der Waals surface area contributed by atoms with Crippen LogP contribution in [0.1, 0.15) is 10.4 Å². The number of nitrogens with zero attached hydrogens (tertiary/aromatic N) is 1. The molecule has 0 atom stereocenters. The number of amides is 1. The Balaban J connectivity index is 2.33. The average Bonchev–Trinajstić information content (AvgIpc) is 2.54. The molecule has 0 bridgehead atoms. The van der Waals surface area contributed by atoms with Crippen LogP contribution in [0.25, 0.3) is 0 Å². The molecule has 0 aliphatic heterocycles. The Hall–Kier alpha value is -2.53. The zero-order chi connectivity index (χ0) is 15.2. The predicted molar refractivity (Wildman–Crippen MR) is 82.0 cm³/mol. The molecule has 110 valence electrons. The molecule has 2 aromatic carbocycles. The summed E-state index contributed by atoms with van der Waals surface area (Å²) in [6.45, 7) is 0. The number of methoxy groups -OCH3 is 1. The van der Waals surface area contributed by atoms with Crippen molar-refractivity contribution < 1.29 is 14.4 Å². The van der Waals surface area contributed by atoms with Gasteiger partial charge in [-0.15, -0.1) is 0 Å². The van der Waals surface area contributed by atoms with Gasteiger partial charge in [-0.25, -0.2) is 5.48 Å². The molecule has 5 heteroatoms. The lowest BCUT2D eigenvalue weighted by molar-refractivity contribution is 0.0538. The molecule has 0 heterocycles. The van der Waals surface area contributed by atoms with E-state index in [4.69, 9.17) is 9.57 Å². The number of hydrogen-bond acceptors (Lipinski definition) is 4. The van der Waals surface area contributed by atoms with Crippen molar-refractivity contribution >= 4 is 17.3 Å². The summed E-state index contributed by atoms with van der Waals surface area (Å²) in [4.78, 5) is 18.6. The summed E-state index contributed by atoms with van der Waals surface area (Å²) in [5.74, 6) is 0.506. The molecule has 1 N–H and O–H groups in total. The summed E-state index contributed by atoms with van der Waals surface area (Å²) in [6.07, 6.45) is 0. The predicted octanol–water partition coefficient (Wildman–Crippen LogP) is 2.75. The van der Waals surface area contributed by atoms with Gasteiger partial charge in [0.1, 0.15) is 5.75 Å². The number of benzene rings is 2. The fourth-order valence-corrected chi connectivity index (χ4v) is 2.05. The lowest BCUT2D eigenvalue weighted by Crippen LogP contribution is -2.24. The molecule has 2 rings (SSSR count). The van der Waals surface area contributed by atoms with E-state index in [1.54, 1.807) is 13.2 Å². The fourth-order valence-electron chi connectivity index (χ4n) is 2.05. The molecule has 0 aromatic heterocycles. The van der Waals surface area contributed by atoms with Crippen LogP contribution in [-0.4, -0.2) is 27.2 Å². The van der Waals surface area contributed by atoms with E-state index < -0.39 is 0 Å². The van der Waals surface area contributed by atoms with Crippen LogP contribution in [0.2, 0.25) is 0 Å². The van der Waals surface area contributed by atoms with Crippen molar-refractivity contribution in [3.63, 3.8) is 0 Å². The first-order chi connectivity index (χ1) is 10.2. The van der Waals surface area contributed by atoms with E-state index in [2.05, 4.69) is 5.48 Å². The van der Waals surface area contributed by atoms with Gasteiger partial charge in [0.05, 0.1) is 25.5 Å². The number of rotatable bonds is 5. The van der Waals surface area contributed by atoms with Crippen LogP contribution in [0.5, 0.6) is 5.75 Å². The Morgan fingerprint density at radius 3 is 2.33 bits per heavy atom. The molecule has 0 spiro atoms. The van der Waals surface area contributed by atoms with Crippen molar-refractivity contribution in [1.82, 2.24) is 5.48 Å². The molecular weight excluding hydrogens is 268 g/mol. The first-order valence-electron chi connectivity index (χ1n) is 6.47. The van der Waals surface area contributed by atoms with Gasteiger partial charge in [0.25, 0.3) is 5.91 Å². The van der Waals surface area contributed by atoms with E-state index in [9.17, 15) is 4.79 Å². The molecule has 0 radical (unpaired) electrons. The van der Waals surface area contributed by atoms with Gasteiger partial charge in [0.2, 0.25) is 0 Å². The largest absolute Gasteiger partial charge is 0.497 e. The van der Waals surface area contributed by atoms with Gasteiger partial charge in [-0.3, -0.25) is 9.63 Å². The molecule has 0 fully saturated rings. The minimum atomic E-state index is -0.284. The number of hydroxylamine groups is 1. The monoisotopic (exact) mass is 286 g/mol. The highest BCUT2D eigenvalue weighted by Crippen LogP contribution is 2.28. The van der Waals surface area contributed by atoms with Crippen molar-refractivity contribution in [2.75, 3.05) is 26.2 Å². The SMILES string of the molecule is CONC(=O)c1ccccc1N(C)c1ccc(OC)cc1. The van der Waals surface area contributed by atoms with Crippen molar-refractivity contribution in [2.45, 2.75) is 0 Å². The van der Waals surface area contributed by atoms with Gasteiger partial charge in [-0.2, -0.15) is 0 Å². The molecule has 2 aromatic rings. The van der Waals surface area contributed by atoms with Crippen LogP contribution in [0.15, 0.2) is 48.5 Å².